The first kappa shape index (κ1) is 15.3. The maximum Gasteiger partial charge on any atom is 0.248 e. The number of nitrogens with one attached hydrogen (secondary N) is 1. The molecule has 18 heavy (non-hydrogen) atoms. The van der Waals surface area contributed by atoms with E-state index in [1.165, 1.54) is 0 Å². The lowest BCUT2D eigenvalue weighted by atomic mass is 9.96. The number of carbonyl (C=O) groups is 2. The van der Waals surface area contributed by atoms with Gasteiger partial charge in [-0.1, -0.05) is 13.8 Å². The predicted octanol–water partition coefficient (Wildman–Crippen LogP) is 1.65. The first-order chi connectivity index (χ1) is 8.48. The Morgan fingerprint density at radius 1 is 1.44 bits per heavy atom. The molecule has 2 amide bonds. The molecule has 0 spiro atoms. The van der Waals surface area contributed by atoms with E-state index in [2.05, 4.69) is 12.2 Å². The lowest BCUT2D eigenvalue weighted by Gasteiger charge is -2.35. The fourth-order valence-corrected chi connectivity index (χ4v) is 3.07. The van der Waals surface area contributed by atoms with Crippen molar-refractivity contribution >= 4 is 23.6 Å². The molecule has 1 N–H and O–H groups in total. The van der Waals surface area contributed by atoms with E-state index in [0.717, 1.165) is 12.2 Å². The Hall–Kier alpha value is -0.710. The van der Waals surface area contributed by atoms with Crippen molar-refractivity contribution in [3.05, 3.63) is 0 Å². The van der Waals surface area contributed by atoms with E-state index < -0.39 is 5.54 Å². The van der Waals surface area contributed by atoms with Crippen LogP contribution in [0, 0.1) is 0 Å². The summed E-state index contributed by atoms with van der Waals surface area (Å²) < 4.78 is 0. The maximum absolute atomic E-state index is 12.6. The lowest BCUT2D eigenvalue weighted by Crippen LogP contribution is -2.56. The largest absolute Gasteiger partial charge is 0.342 e. The Kier molecular flexibility index (Phi) is 5.50. The monoisotopic (exact) mass is 272 g/mol. The minimum atomic E-state index is -0.737. The summed E-state index contributed by atoms with van der Waals surface area (Å²) in [6.45, 7) is 6.41. The van der Waals surface area contributed by atoms with Gasteiger partial charge in [0.05, 0.1) is 0 Å². The van der Waals surface area contributed by atoms with Crippen LogP contribution in [0.5, 0.6) is 0 Å². The molecule has 0 bridgehead atoms. The summed E-state index contributed by atoms with van der Waals surface area (Å²) in [6, 6.07) is 0.228. The molecular formula is C13H24N2O2S. The standard InChI is InChI=1S/C13H24N2O2S/c1-5-10(9-18-4)15-8-7-11(16)14-13(3,6-2)12(15)17/h10H,5-9H2,1-4H3,(H,14,16). The summed E-state index contributed by atoms with van der Waals surface area (Å²) in [4.78, 5) is 26.2. The highest BCUT2D eigenvalue weighted by atomic mass is 32.2. The molecule has 0 aromatic carbocycles. The smallest absolute Gasteiger partial charge is 0.248 e. The predicted molar refractivity (Wildman–Crippen MR) is 75.6 cm³/mol. The molecule has 104 valence electrons. The molecule has 0 aromatic rings. The SMILES string of the molecule is CCC(CSC)N1CCC(=O)NC(C)(CC)C1=O. The number of thioether (sulfide) groups is 1. The summed E-state index contributed by atoms with van der Waals surface area (Å²) in [7, 11) is 0. The number of hydrogen-bond acceptors (Lipinski definition) is 3. The van der Waals surface area contributed by atoms with Gasteiger partial charge < -0.3 is 10.2 Å². The van der Waals surface area contributed by atoms with Crippen LogP contribution >= 0.6 is 11.8 Å². The first-order valence-corrected chi connectivity index (χ1v) is 7.98. The van der Waals surface area contributed by atoms with E-state index >= 15 is 0 Å². The molecule has 2 atom stereocenters. The second kappa shape index (κ2) is 6.45. The van der Waals surface area contributed by atoms with Crippen molar-refractivity contribution in [2.75, 3.05) is 18.6 Å². The van der Waals surface area contributed by atoms with E-state index in [0.29, 0.717) is 19.4 Å². The zero-order valence-electron chi connectivity index (χ0n) is 11.8. The van der Waals surface area contributed by atoms with Gasteiger partial charge in [-0.15, -0.1) is 0 Å². The van der Waals surface area contributed by atoms with Crippen LogP contribution in [0.2, 0.25) is 0 Å². The molecule has 1 rings (SSSR count). The van der Waals surface area contributed by atoms with Gasteiger partial charge in [0, 0.05) is 24.8 Å². The molecule has 0 saturated carbocycles. The van der Waals surface area contributed by atoms with Gasteiger partial charge in [0.25, 0.3) is 0 Å². The Labute approximate surface area is 114 Å². The summed E-state index contributed by atoms with van der Waals surface area (Å²) in [5, 5.41) is 2.87. The topological polar surface area (TPSA) is 49.4 Å². The molecule has 1 fully saturated rings. The van der Waals surface area contributed by atoms with Crippen molar-refractivity contribution < 1.29 is 9.59 Å². The van der Waals surface area contributed by atoms with Crippen molar-refractivity contribution in [2.45, 2.75) is 51.6 Å². The molecule has 0 aliphatic carbocycles. The third kappa shape index (κ3) is 3.19. The van der Waals surface area contributed by atoms with Gasteiger partial charge in [-0.25, -0.2) is 0 Å². The fraction of sp³-hybridized carbons (Fsp3) is 0.846. The zero-order chi connectivity index (χ0) is 13.8. The van der Waals surface area contributed by atoms with Crippen LogP contribution in [-0.2, 0) is 9.59 Å². The molecule has 1 heterocycles. The van der Waals surface area contributed by atoms with Gasteiger partial charge >= 0.3 is 0 Å². The molecular weight excluding hydrogens is 248 g/mol. The van der Waals surface area contributed by atoms with Gasteiger partial charge in [-0.3, -0.25) is 9.59 Å². The molecule has 0 radical (unpaired) electrons. The minimum absolute atomic E-state index is 0.0193. The van der Waals surface area contributed by atoms with Crippen LogP contribution in [0.3, 0.4) is 0 Å². The van der Waals surface area contributed by atoms with Crippen molar-refractivity contribution in [3.63, 3.8) is 0 Å². The lowest BCUT2D eigenvalue weighted by molar-refractivity contribution is -0.140. The summed E-state index contributed by atoms with van der Waals surface area (Å²) in [5.41, 5.74) is -0.737. The van der Waals surface area contributed by atoms with Crippen molar-refractivity contribution in [2.24, 2.45) is 0 Å². The molecule has 1 aliphatic rings. The summed E-state index contributed by atoms with van der Waals surface area (Å²) in [6.07, 6.45) is 4.02. The van der Waals surface area contributed by atoms with Gasteiger partial charge in [0.15, 0.2) is 0 Å². The molecule has 5 heteroatoms. The Balaban J connectivity index is 2.96. The number of amides is 2. The zero-order valence-corrected chi connectivity index (χ0v) is 12.6. The van der Waals surface area contributed by atoms with Crippen LogP contribution < -0.4 is 5.32 Å². The quantitative estimate of drug-likeness (QED) is 0.828. The third-order valence-electron chi connectivity index (χ3n) is 3.71. The summed E-state index contributed by atoms with van der Waals surface area (Å²) >= 11 is 1.75. The molecule has 0 aromatic heterocycles. The Morgan fingerprint density at radius 3 is 2.61 bits per heavy atom. The van der Waals surface area contributed by atoms with Crippen molar-refractivity contribution in [1.29, 1.82) is 0 Å². The highest BCUT2D eigenvalue weighted by Gasteiger charge is 2.40. The normalized spacial score (nSPS) is 26.8. The highest BCUT2D eigenvalue weighted by molar-refractivity contribution is 7.98. The summed E-state index contributed by atoms with van der Waals surface area (Å²) in [5.74, 6) is 0.974. The molecule has 2 unspecified atom stereocenters. The number of nitrogens with zero attached hydrogens (tertiary/aromatic N) is 1. The van der Waals surface area contributed by atoms with E-state index in [-0.39, 0.29) is 17.9 Å². The minimum Gasteiger partial charge on any atom is -0.342 e. The van der Waals surface area contributed by atoms with Crippen LogP contribution in [0.25, 0.3) is 0 Å². The molecule has 1 saturated heterocycles. The second-order valence-corrected chi connectivity index (χ2v) is 5.91. The van der Waals surface area contributed by atoms with Gasteiger partial charge in [-0.2, -0.15) is 11.8 Å². The highest BCUT2D eigenvalue weighted by Crippen LogP contribution is 2.21. The second-order valence-electron chi connectivity index (χ2n) is 5.00. The van der Waals surface area contributed by atoms with Crippen molar-refractivity contribution in [1.82, 2.24) is 10.2 Å². The van der Waals surface area contributed by atoms with Crippen LogP contribution in [0.1, 0.15) is 40.0 Å². The van der Waals surface area contributed by atoms with E-state index in [4.69, 9.17) is 0 Å². The van der Waals surface area contributed by atoms with Crippen LogP contribution in [0.4, 0.5) is 0 Å². The van der Waals surface area contributed by atoms with Gasteiger partial charge in [-0.05, 0) is 26.0 Å². The Bertz CT molecular complexity index is 322. The van der Waals surface area contributed by atoms with Crippen LogP contribution in [-0.4, -0.2) is 46.8 Å². The van der Waals surface area contributed by atoms with Gasteiger partial charge in [0.2, 0.25) is 11.8 Å². The molecule has 4 nitrogen and oxygen atoms in total. The average molecular weight is 272 g/mol. The molecule has 1 aliphatic heterocycles. The first-order valence-electron chi connectivity index (χ1n) is 6.59. The number of carbonyl (C=O) groups excluding carboxylic acids is 2. The van der Waals surface area contributed by atoms with Gasteiger partial charge in [0.1, 0.15) is 5.54 Å². The number of rotatable bonds is 5. The fourth-order valence-electron chi connectivity index (χ4n) is 2.27. The average Bonchev–Trinajstić information content (AvgIpc) is 2.46. The number of hydrogen-bond donors (Lipinski definition) is 1. The van der Waals surface area contributed by atoms with E-state index in [1.807, 2.05) is 25.0 Å². The van der Waals surface area contributed by atoms with Crippen LogP contribution in [0.15, 0.2) is 0 Å². The maximum atomic E-state index is 12.6. The van der Waals surface area contributed by atoms with E-state index in [9.17, 15) is 9.59 Å². The Morgan fingerprint density at radius 2 is 2.11 bits per heavy atom. The van der Waals surface area contributed by atoms with E-state index in [1.54, 1.807) is 11.8 Å². The third-order valence-corrected chi connectivity index (χ3v) is 4.42. The van der Waals surface area contributed by atoms with Crippen molar-refractivity contribution in [3.8, 4) is 0 Å².